The Labute approximate surface area is 148 Å². The third-order valence-electron chi connectivity index (χ3n) is 3.43. The third kappa shape index (κ3) is 4.82. The fraction of sp³-hybridized carbons (Fsp3) is 0.150. The van der Waals surface area contributed by atoms with Gasteiger partial charge >= 0.3 is 5.91 Å². The molecule has 25 heavy (non-hydrogen) atoms. The summed E-state index contributed by atoms with van der Waals surface area (Å²) < 4.78 is 26.4. The lowest BCUT2D eigenvalue weighted by molar-refractivity contribution is -0.120. The summed E-state index contributed by atoms with van der Waals surface area (Å²) in [5, 5.41) is 0. The molecular weight excluding hydrogens is 334 g/mol. The van der Waals surface area contributed by atoms with Crippen LogP contribution in [0.25, 0.3) is 0 Å². The molecule has 5 heteroatoms. The van der Waals surface area contributed by atoms with Crippen molar-refractivity contribution >= 4 is 15.9 Å². The number of hydrogen-bond acceptors (Lipinski definition) is 3. The van der Waals surface area contributed by atoms with Crippen LogP contribution in [0.15, 0.2) is 71.6 Å². The summed E-state index contributed by atoms with van der Waals surface area (Å²) in [6, 6.07) is 15.3. The number of nitrogens with zero attached hydrogens (tertiary/aromatic N) is 1. The van der Waals surface area contributed by atoms with Crippen LogP contribution in [0.4, 0.5) is 0 Å². The first-order valence-electron chi connectivity index (χ1n) is 7.76. The molecule has 4 nitrogen and oxygen atoms in total. The van der Waals surface area contributed by atoms with Crippen LogP contribution in [0.5, 0.6) is 0 Å². The lowest BCUT2D eigenvalue weighted by atomic mass is 10.2. The molecule has 0 bridgehead atoms. The molecule has 0 aromatic heterocycles. The molecule has 2 rings (SSSR count). The van der Waals surface area contributed by atoms with Crippen molar-refractivity contribution in [3.8, 4) is 11.8 Å². The number of benzene rings is 2. The molecule has 0 saturated heterocycles. The van der Waals surface area contributed by atoms with Gasteiger partial charge in [-0.25, -0.2) is 12.7 Å². The average Bonchev–Trinajstić information content (AvgIpc) is 2.61. The van der Waals surface area contributed by atoms with Crippen molar-refractivity contribution < 1.29 is 13.2 Å². The van der Waals surface area contributed by atoms with Crippen LogP contribution < -0.4 is 0 Å². The van der Waals surface area contributed by atoms with E-state index in [9.17, 15) is 13.2 Å². The highest BCUT2D eigenvalue weighted by Gasteiger charge is 2.27. The quantitative estimate of drug-likeness (QED) is 0.627. The number of allylic oxidation sites excluding steroid dienone is 1. The Morgan fingerprint density at radius 1 is 1.08 bits per heavy atom. The first-order valence-corrected chi connectivity index (χ1v) is 9.21. The fourth-order valence-corrected chi connectivity index (χ4v) is 3.32. The zero-order chi connectivity index (χ0) is 18.3. The van der Waals surface area contributed by atoms with Gasteiger partial charge in [-0.3, -0.25) is 4.79 Å². The van der Waals surface area contributed by atoms with Crippen LogP contribution in [0.3, 0.4) is 0 Å². The van der Waals surface area contributed by atoms with Gasteiger partial charge in [0.25, 0.3) is 10.0 Å². The standard InChI is InChI=1S/C20H19NO3S/c1-3-4-16-21(20(22)15-12-18-8-6-5-7-9-18)25(23,24)19-13-10-17(2)11-14-19/h3-11,13-14H,16H2,1-2H3/b4-3+. The molecule has 0 fully saturated rings. The lowest BCUT2D eigenvalue weighted by Crippen LogP contribution is -2.36. The van der Waals surface area contributed by atoms with Crippen molar-refractivity contribution in [1.29, 1.82) is 0 Å². The minimum atomic E-state index is -3.96. The molecule has 0 unspecified atom stereocenters. The fourth-order valence-electron chi connectivity index (χ4n) is 2.04. The second kappa shape index (κ2) is 8.32. The highest BCUT2D eigenvalue weighted by molar-refractivity contribution is 7.89. The summed E-state index contributed by atoms with van der Waals surface area (Å²) in [4.78, 5) is 12.5. The van der Waals surface area contributed by atoms with E-state index in [0.29, 0.717) is 5.56 Å². The summed E-state index contributed by atoms with van der Waals surface area (Å²) in [5.74, 6) is 4.36. The Kier molecular flexibility index (Phi) is 6.15. The normalized spacial score (nSPS) is 11.0. The van der Waals surface area contributed by atoms with Crippen molar-refractivity contribution in [2.75, 3.05) is 6.54 Å². The molecule has 0 aliphatic carbocycles. The second-order valence-corrected chi connectivity index (χ2v) is 7.20. The van der Waals surface area contributed by atoms with Crippen molar-refractivity contribution in [3.63, 3.8) is 0 Å². The van der Waals surface area contributed by atoms with Crippen LogP contribution in [0.2, 0.25) is 0 Å². The molecule has 0 saturated carbocycles. The van der Waals surface area contributed by atoms with Gasteiger partial charge in [-0.1, -0.05) is 54.0 Å². The van der Waals surface area contributed by atoms with E-state index in [1.54, 1.807) is 55.5 Å². The predicted molar refractivity (Wildman–Crippen MR) is 98.2 cm³/mol. The van der Waals surface area contributed by atoms with Crippen LogP contribution in [0, 0.1) is 18.8 Å². The maximum absolute atomic E-state index is 12.8. The number of carbonyl (C=O) groups excluding carboxylic acids is 1. The maximum atomic E-state index is 12.8. The molecule has 0 N–H and O–H groups in total. The van der Waals surface area contributed by atoms with Gasteiger partial charge in [0.2, 0.25) is 0 Å². The highest BCUT2D eigenvalue weighted by atomic mass is 32.2. The minimum absolute atomic E-state index is 0.0605. The lowest BCUT2D eigenvalue weighted by Gasteiger charge is -2.18. The minimum Gasteiger partial charge on any atom is -0.258 e. The van der Waals surface area contributed by atoms with Gasteiger partial charge in [-0.15, -0.1) is 0 Å². The molecule has 0 spiro atoms. The van der Waals surface area contributed by atoms with E-state index in [2.05, 4.69) is 11.8 Å². The molecule has 2 aromatic rings. The van der Waals surface area contributed by atoms with Crippen LogP contribution in [-0.2, 0) is 14.8 Å². The SMILES string of the molecule is C/C=C/CN(C(=O)C#Cc1ccccc1)S(=O)(=O)c1ccc(C)cc1. The Hall–Kier alpha value is -2.84. The van der Waals surface area contributed by atoms with Crippen molar-refractivity contribution in [1.82, 2.24) is 4.31 Å². The first kappa shape index (κ1) is 18.5. The summed E-state index contributed by atoms with van der Waals surface area (Å²) in [7, 11) is -3.96. The molecule has 0 heterocycles. The Balaban J connectivity index is 2.36. The predicted octanol–water partition coefficient (Wildman–Crippen LogP) is 3.14. The van der Waals surface area contributed by atoms with E-state index in [1.165, 1.54) is 12.1 Å². The van der Waals surface area contributed by atoms with Gasteiger partial charge in [0.15, 0.2) is 0 Å². The molecule has 0 atom stereocenters. The summed E-state index contributed by atoms with van der Waals surface area (Å²) in [5.41, 5.74) is 1.59. The van der Waals surface area contributed by atoms with E-state index < -0.39 is 15.9 Å². The number of amides is 1. The van der Waals surface area contributed by atoms with E-state index in [0.717, 1.165) is 9.87 Å². The Morgan fingerprint density at radius 3 is 2.32 bits per heavy atom. The largest absolute Gasteiger partial charge is 0.312 e. The Morgan fingerprint density at radius 2 is 1.72 bits per heavy atom. The van der Waals surface area contributed by atoms with E-state index in [1.807, 2.05) is 13.0 Å². The summed E-state index contributed by atoms with van der Waals surface area (Å²) in [6.07, 6.45) is 3.30. The molecule has 0 aliphatic rings. The molecule has 0 radical (unpaired) electrons. The summed E-state index contributed by atoms with van der Waals surface area (Å²) >= 11 is 0. The van der Waals surface area contributed by atoms with Gasteiger partial charge in [0, 0.05) is 11.5 Å². The van der Waals surface area contributed by atoms with E-state index >= 15 is 0 Å². The smallest absolute Gasteiger partial charge is 0.258 e. The summed E-state index contributed by atoms with van der Waals surface area (Å²) in [6.45, 7) is 3.57. The number of carbonyl (C=O) groups is 1. The zero-order valence-electron chi connectivity index (χ0n) is 14.1. The molecule has 0 aliphatic heterocycles. The second-order valence-electron chi connectivity index (χ2n) is 5.34. The number of aryl methyl sites for hydroxylation is 1. The highest BCUT2D eigenvalue weighted by Crippen LogP contribution is 2.16. The van der Waals surface area contributed by atoms with Crippen molar-refractivity contribution in [2.24, 2.45) is 0 Å². The van der Waals surface area contributed by atoms with Gasteiger partial charge < -0.3 is 0 Å². The molecular formula is C20H19NO3S. The maximum Gasteiger partial charge on any atom is 0.312 e. The van der Waals surface area contributed by atoms with Crippen LogP contribution >= 0.6 is 0 Å². The Bertz CT molecular complexity index is 918. The van der Waals surface area contributed by atoms with Crippen LogP contribution in [-0.4, -0.2) is 25.2 Å². The van der Waals surface area contributed by atoms with E-state index in [-0.39, 0.29) is 11.4 Å². The monoisotopic (exact) mass is 353 g/mol. The first-order chi connectivity index (χ1) is 11.9. The van der Waals surface area contributed by atoms with Gasteiger partial charge in [0.05, 0.1) is 11.4 Å². The van der Waals surface area contributed by atoms with E-state index in [4.69, 9.17) is 0 Å². The molecule has 1 amide bonds. The third-order valence-corrected chi connectivity index (χ3v) is 5.19. The molecule has 128 valence electrons. The van der Waals surface area contributed by atoms with Crippen LogP contribution in [0.1, 0.15) is 18.1 Å². The topological polar surface area (TPSA) is 54.5 Å². The number of rotatable bonds is 4. The zero-order valence-corrected chi connectivity index (χ0v) is 15.0. The number of hydrogen-bond donors (Lipinski definition) is 0. The van der Waals surface area contributed by atoms with Crippen molar-refractivity contribution in [3.05, 3.63) is 77.9 Å². The van der Waals surface area contributed by atoms with Gasteiger partial charge in [-0.05, 0) is 38.1 Å². The van der Waals surface area contributed by atoms with Crippen molar-refractivity contribution in [2.45, 2.75) is 18.7 Å². The van der Waals surface area contributed by atoms with Gasteiger partial charge in [0.1, 0.15) is 0 Å². The molecule has 2 aromatic carbocycles. The average molecular weight is 353 g/mol. The van der Waals surface area contributed by atoms with Gasteiger partial charge in [-0.2, -0.15) is 0 Å². The number of sulfonamides is 1.